The summed E-state index contributed by atoms with van der Waals surface area (Å²) in [5.74, 6) is -0.642. The molecule has 0 spiro atoms. The fourth-order valence-electron chi connectivity index (χ4n) is 3.64. The molecule has 2 N–H and O–H groups in total. The van der Waals surface area contributed by atoms with Gasteiger partial charge in [0.25, 0.3) is 5.91 Å². The zero-order valence-corrected chi connectivity index (χ0v) is 17.5. The van der Waals surface area contributed by atoms with Crippen LogP contribution in [0.2, 0.25) is 0 Å². The number of esters is 1. The van der Waals surface area contributed by atoms with E-state index in [2.05, 4.69) is 41.2 Å². The molecule has 0 bridgehead atoms. The first-order chi connectivity index (χ1) is 13.4. The van der Waals surface area contributed by atoms with E-state index in [1.807, 2.05) is 18.2 Å². The van der Waals surface area contributed by atoms with Gasteiger partial charge < -0.3 is 15.0 Å². The Morgan fingerprint density at radius 1 is 1.14 bits per heavy atom. The second-order valence-electron chi connectivity index (χ2n) is 6.89. The van der Waals surface area contributed by atoms with Gasteiger partial charge in [-0.25, -0.2) is 4.79 Å². The van der Waals surface area contributed by atoms with Crippen molar-refractivity contribution in [1.82, 2.24) is 15.2 Å². The number of H-pyrrole nitrogens is 1. The summed E-state index contributed by atoms with van der Waals surface area (Å²) in [7, 11) is 1.34. The second-order valence-corrected chi connectivity index (χ2v) is 6.89. The maximum atomic E-state index is 12.8. The highest BCUT2D eigenvalue weighted by Gasteiger charge is 2.24. The molecule has 0 saturated carbocycles. The molecular weight excluding hydrogens is 354 g/mol. The third-order valence-corrected chi connectivity index (χ3v) is 5.20. The standard InChI is InChI=1S/C22H31N3O3/c1-6-25(7-2)18(13-17-11-9-8-10-12-17)14-23-21(26)20-15(3)19(16(4)24-20)22(27)28-5/h8-12,18,24H,6-7,13-14H2,1-5H3,(H,23,26). The third kappa shape index (κ3) is 5.01. The highest BCUT2D eigenvalue weighted by molar-refractivity contribution is 6.00. The Labute approximate surface area is 167 Å². The Morgan fingerprint density at radius 2 is 1.79 bits per heavy atom. The van der Waals surface area contributed by atoms with Gasteiger partial charge in [0.05, 0.1) is 12.7 Å². The van der Waals surface area contributed by atoms with E-state index >= 15 is 0 Å². The van der Waals surface area contributed by atoms with Crippen LogP contribution in [0.3, 0.4) is 0 Å². The van der Waals surface area contributed by atoms with Crippen molar-refractivity contribution >= 4 is 11.9 Å². The Hall–Kier alpha value is -2.60. The van der Waals surface area contributed by atoms with Crippen LogP contribution >= 0.6 is 0 Å². The molecule has 0 aliphatic carbocycles. The summed E-state index contributed by atoms with van der Waals surface area (Å²) in [5, 5.41) is 3.04. The molecule has 0 radical (unpaired) electrons. The summed E-state index contributed by atoms with van der Waals surface area (Å²) in [6, 6.07) is 10.5. The van der Waals surface area contributed by atoms with Crippen molar-refractivity contribution < 1.29 is 14.3 Å². The molecule has 6 heteroatoms. The Morgan fingerprint density at radius 3 is 2.36 bits per heavy atom. The monoisotopic (exact) mass is 385 g/mol. The van der Waals surface area contributed by atoms with Crippen molar-refractivity contribution in [2.75, 3.05) is 26.7 Å². The molecule has 2 rings (SSSR count). The van der Waals surface area contributed by atoms with E-state index in [1.54, 1.807) is 13.8 Å². The fraction of sp³-hybridized carbons (Fsp3) is 0.455. The number of nitrogens with one attached hydrogen (secondary N) is 2. The number of hydrogen-bond donors (Lipinski definition) is 2. The molecule has 0 aliphatic rings. The van der Waals surface area contributed by atoms with Crippen molar-refractivity contribution in [2.24, 2.45) is 0 Å². The van der Waals surface area contributed by atoms with Crippen LogP contribution in [0.15, 0.2) is 30.3 Å². The molecular formula is C22H31N3O3. The second kappa shape index (κ2) is 10.1. The topological polar surface area (TPSA) is 74.4 Å². The predicted molar refractivity (Wildman–Crippen MR) is 111 cm³/mol. The molecule has 1 atom stereocenters. The van der Waals surface area contributed by atoms with Gasteiger partial charge in [-0.1, -0.05) is 44.2 Å². The van der Waals surface area contributed by atoms with Gasteiger partial charge in [0.2, 0.25) is 0 Å². The number of benzene rings is 1. The lowest BCUT2D eigenvalue weighted by molar-refractivity contribution is 0.0599. The van der Waals surface area contributed by atoms with E-state index in [-0.39, 0.29) is 11.9 Å². The van der Waals surface area contributed by atoms with Crippen molar-refractivity contribution in [3.05, 3.63) is 58.4 Å². The van der Waals surface area contributed by atoms with E-state index in [0.29, 0.717) is 29.1 Å². The number of amides is 1. The average Bonchev–Trinajstić information content (AvgIpc) is 3.01. The molecule has 152 valence electrons. The molecule has 0 aliphatic heterocycles. The average molecular weight is 386 g/mol. The lowest BCUT2D eigenvalue weighted by atomic mass is 10.0. The summed E-state index contributed by atoms with van der Waals surface area (Å²) in [4.78, 5) is 30.1. The van der Waals surface area contributed by atoms with Crippen LogP contribution in [-0.4, -0.2) is 54.5 Å². The van der Waals surface area contributed by atoms with Crippen molar-refractivity contribution in [2.45, 2.75) is 40.2 Å². The third-order valence-electron chi connectivity index (χ3n) is 5.20. The minimum absolute atomic E-state index is 0.192. The largest absolute Gasteiger partial charge is 0.465 e. The van der Waals surface area contributed by atoms with Gasteiger partial charge in [-0.05, 0) is 44.5 Å². The Balaban J connectivity index is 2.14. The highest BCUT2D eigenvalue weighted by atomic mass is 16.5. The van der Waals surface area contributed by atoms with Crippen LogP contribution in [0.25, 0.3) is 0 Å². The summed E-state index contributed by atoms with van der Waals surface area (Å²) >= 11 is 0. The first-order valence-corrected chi connectivity index (χ1v) is 9.76. The highest BCUT2D eigenvalue weighted by Crippen LogP contribution is 2.19. The first kappa shape index (κ1) is 21.7. The van der Waals surface area contributed by atoms with E-state index < -0.39 is 5.97 Å². The number of rotatable bonds is 9. The van der Waals surface area contributed by atoms with E-state index in [9.17, 15) is 9.59 Å². The number of likely N-dealkylation sites (N-methyl/N-ethyl adjacent to an activating group) is 1. The SMILES string of the molecule is CCN(CC)C(CNC(=O)c1[nH]c(C)c(C(=O)OC)c1C)Cc1ccccc1. The first-order valence-electron chi connectivity index (χ1n) is 9.76. The van der Waals surface area contributed by atoms with Crippen LogP contribution < -0.4 is 5.32 Å². The quantitative estimate of drug-likeness (QED) is 0.651. The number of ether oxygens (including phenoxy) is 1. The van der Waals surface area contributed by atoms with Crippen molar-refractivity contribution in [3.63, 3.8) is 0 Å². The smallest absolute Gasteiger partial charge is 0.339 e. The Bertz CT molecular complexity index is 795. The van der Waals surface area contributed by atoms with Gasteiger partial charge in [-0.2, -0.15) is 0 Å². The van der Waals surface area contributed by atoms with E-state index in [0.717, 1.165) is 19.5 Å². The molecule has 0 fully saturated rings. The molecule has 0 saturated heterocycles. The molecule has 6 nitrogen and oxygen atoms in total. The summed E-state index contributed by atoms with van der Waals surface area (Å²) in [6.07, 6.45) is 0.860. The van der Waals surface area contributed by atoms with Crippen LogP contribution in [0.5, 0.6) is 0 Å². The maximum Gasteiger partial charge on any atom is 0.339 e. The number of aromatic amines is 1. The number of hydrogen-bond acceptors (Lipinski definition) is 4. The van der Waals surface area contributed by atoms with Crippen molar-refractivity contribution in [1.29, 1.82) is 0 Å². The summed E-state index contributed by atoms with van der Waals surface area (Å²) < 4.78 is 4.82. The molecule has 1 unspecified atom stereocenters. The van der Waals surface area contributed by atoms with Gasteiger partial charge in [-0.3, -0.25) is 9.69 Å². The van der Waals surface area contributed by atoms with Crippen LogP contribution in [0.4, 0.5) is 0 Å². The fourth-order valence-corrected chi connectivity index (χ4v) is 3.64. The summed E-state index contributed by atoms with van der Waals surface area (Å²) in [6.45, 7) is 10.1. The maximum absolute atomic E-state index is 12.8. The van der Waals surface area contributed by atoms with Crippen LogP contribution in [-0.2, 0) is 11.2 Å². The number of aromatic nitrogens is 1. The predicted octanol–water partition coefficient (Wildman–Crippen LogP) is 3.10. The normalized spacial score (nSPS) is 12.1. The van der Waals surface area contributed by atoms with E-state index in [4.69, 9.17) is 4.74 Å². The summed E-state index contributed by atoms with van der Waals surface area (Å²) in [5.41, 5.74) is 3.34. The minimum atomic E-state index is -0.435. The zero-order chi connectivity index (χ0) is 20.7. The number of carbonyl (C=O) groups excluding carboxylic acids is 2. The zero-order valence-electron chi connectivity index (χ0n) is 17.5. The van der Waals surface area contributed by atoms with E-state index in [1.165, 1.54) is 12.7 Å². The van der Waals surface area contributed by atoms with Gasteiger partial charge in [0.15, 0.2) is 0 Å². The van der Waals surface area contributed by atoms with Gasteiger partial charge in [-0.15, -0.1) is 0 Å². The molecule has 1 amide bonds. The van der Waals surface area contributed by atoms with Crippen molar-refractivity contribution in [3.8, 4) is 0 Å². The minimum Gasteiger partial charge on any atom is -0.465 e. The molecule has 1 aromatic heterocycles. The molecule has 1 heterocycles. The lowest BCUT2D eigenvalue weighted by Gasteiger charge is -2.30. The van der Waals surface area contributed by atoms with Crippen LogP contribution in [0, 0.1) is 13.8 Å². The number of nitrogens with zero attached hydrogens (tertiary/aromatic N) is 1. The van der Waals surface area contributed by atoms with Gasteiger partial charge >= 0.3 is 5.97 Å². The van der Waals surface area contributed by atoms with Gasteiger partial charge in [0, 0.05) is 18.3 Å². The number of methoxy groups -OCH3 is 1. The number of aryl methyl sites for hydroxylation is 1. The Kier molecular flexibility index (Phi) is 7.81. The van der Waals surface area contributed by atoms with Gasteiger partial charge in [0.1, 0.15) is 5.69 Å². The number of carbonyl (C=O) groups is 2. The lowest BCUT2D eigenvalue weighted by Crippen LogP contribution is -2.45. The molecule has 2 aromatic rings. The molecule has 1 aromatic carbocycles. The molecule has 28 heavy (non-hydrogen) atoms. The van der Waals surface area contributed by atoms with Crippen LogP contribution in [0.1, 0.15) is 51.5 Å².